The van der Waals surface area contributed by atoms with Gasteiger partial charge in [-0.15, -0.1) is 0 Å². The normalized spacial score (nSPS) is 23.4. The van der Waals surface area contributed by atoms with Crippen LogP contribution in [0, 0.1) is 0 Å². The molecule has 0 aromatic carbocycles. The van der Waals surface area contributed by atoms with Crippen molar-refractivity contribution in [3.05, 3.63) is 18.0 Å². The lowest BCUT2D eigenvalue weighted by atomic mass is 10.1. The Balaban J connectivity index is 1.98. The van der Waals surface area contributed by atoms with Gasteiger partial charge in [0, 0.05) is 43.1 Å². The number of hydrogen-bond acceptors (Lipinski definition) is 6. The fraction of sp³-hybridized carbons (Fsp3) is 0.733. The third-order valence-electron chi connectivity index (χ3n) is 3.33. The second kappa shape index (κ2) is 6.68. The second-order valence-electron chi connectivity index (χ2n) is 6.65. The number of nitrogens with zero attached hydrogens (tertiary/aromatic N) is 3. The van der Waals surface area contributed by atoms with Crippen LogP contribution in [0.25, 0.3) is 0 Å². The Labute approximate surface area is 126 Å². The SMILES string of the molecule is CC1CN(c2ncc(CNC(C)(C)C)cn2)CC(CO)O1. The summed E-state index contributed by atoms with van der Waals surface area (Å²) in [5.41, 5.74) is 1.14. The molecule has 118 valence electrons. The van der Waals surface area contributed by atoms with E-state index in [-0.39, 0.29) is 24.4 Å². The van der Waals surface area contributed by atoms with E-state index in [0.29, 0.717) is 12.5 Å². The minimum absolute atomic E-state index is 0.0222. The third-order valence-corrected chi connectivity index (χ3v) is 3.33. The first kappa shape index (κ1) is 16.1. The summed E-state index contributed by atoms with van der Waals surface area (Å²) < 4.78 is 5.63. The zero-order valence-electron chi connectivity index (χ0n) is 13.3. The van der Waals surface area contributed by atoms with Crippen molar-refractivity contribution in [2.24, 2.45) is 0 Å². The first-order chi connectivity index (χ1) is 9.87. The number of aliphatic hydroxyl groups excluding tert-OH is 1. The monoisotopic (exact) mass is 294 g/mol. The Kier molecular flexibility index (Phi) is 5.13. The van der Waals surface area contributed by atoms with Crippen molar-refractivity contribution in [2.45, 2.75) is 52.0 Å². The minimum Gasteiger partial charge on any atom is -0.394 e. The van der Waals surface area contributed by atoms with E-state index in [4.69, 9.17) is 4.74 Å². The molecule has 2 heterocycles. The number of nitrogens with one attached hydrogen (secondary N) is 1. The van der Waals surface area contributed by atoms with Gasteiger partial charge >= 0.3 is 0 Å². The molecule has 0 radical (unpaired) electrons. The van der Waals surface area contributed by atoms with Crippen LogP contribution in [0.2, 0.25) is 0 Å². The predicted octanol–water partition coefficient (Wildman–Crippen LogP) is 0.951. The number of hydrogen-bond donors (Lipinski definition) is 2. The molecule has 2 N–H and O–H groups in total. The molecule has 21 heavy (non-hydrogen) atoms. The molecule has 6 nitrogen and oxygen atoms in total. The van der Waals surface area contributed by atoms with Crippen molar-refractivity contribution in [3.8, 4) is 0 Å². The quantitative estimate of drug-likeness (QED) is 0.861. The van der Waals surface area contributed by atoms with E-state index in [0.717, 1.165) is 18.7 Å². The van der Waals surface area contributed by atoms with Gasteiger partial charge in [-0.2, -0.15) is 0 Å². The molecule has 2 atom stereocenters. The summed E-state index contributed by atoms with van der Waals surface area (Å²) in [5.74, 6) is 0.697. The molecule has 0 amide bonds. The Bertz CT molecular complexity index is 444. The van der Waals surface area contributed by atoms with Crippen LogP contribution in [-0.4, -0.2) is 52.5 Å². The standard InChI is InChI=1S/C15H26N4O2/c1-11-8-19(9-13(10-20)21-11)14-16-5-12(6-17-14)7-18-15(2,3)4/h5-6,11,13,18,20H,7-10H2,1-4H3. The summed E-state index contributed by atoms with van der Waals surface area (Å²) in [6, 6.07) is 0. The average Bonchev–Trinajstić information content (AvgIpc) is 2.44. The molecule has 0 spiro atoms. The van der Waals surface area contributed by atoms with E-state index in [1.165, 1.54) is 0 Å². The lowest BCUT2D eigenvalue weighted by Crippen LogP contribution is -2.48. The average molecular weight is 294 g/mol. The molecule has 1 fully saturated rings. The van der Waals surface area contributed by atoms with Gasteiger partial charge in [-0.1, -0.05) is 0 Å². The van der Waals surface area contributed by atoms with E-state index in [2.05, 4.69) is 41.0 Å². The number of ether oxygens (including phenoxy) is 1. The number of anilines is 1. The van der Waals surface area contributed by atoms with Crippen LogP contribution in [-0.2, 0) is 11.3 Å². The molecule has 1 aromatic heterocycles. The molecule has 0 aliphatic carbocycles. The molecular formula is C15H26N4O2. The van der Waals surface area contributed by atoms with Gasteiger partial charge in [-0.05, 0) is 27.7 Å². The number of morpholine rings is 1. The van der Waals surface area contributed by atoms with Gasteiger partial charge in [0.15, 0.2) is 0 Å². The summed E-state index contributed by atoms with van der Waals surface area (Å²) >= 11 is 0. The Morgan fingerprint density at radius 1 is 1.33 bits per heavy atom. The smallest absolute Gasteiger partial charge is 0.225 e. The van der Waals surface area contributed by atoms with Crippen LogP contribution in [0.4, 0.5) is 5.95 Å². The van der Waals surface area contributed by atoms with Crippen molar-refractivity contribution in [3.63, 3.8) is 0 Å². The van der Waals surface area contributed by atoms with Crippen molar-refractivity contribution < 1.29 is 9.84 Å². The highest BCUT2D eigenvalue weighted by atomic mass is 16.5. The molecule has 1 saturated heterocycles. The maximum Gasteiger partial charge on any atom is 0.225 e. The summed E-state index contributed by atoms with van der Waals surface area (Å²) in [6.45, 7) is 10.5. The van der Waals surface area contributed by atoms with E-state index < -0.39 is 0 Å². The lowest BCUT2D eigenvalue weighted by Gasteiger charge is -2.36. The fourth-order valence-electron chi connectivity index (χ4n) is 2.28. The van der Waals surface area contributed by atoms with Gasteiger partial charge in [0.05, 0.1) is 18.8 Å². The first-order valence-electron chi connectivity index (χ1n) is 7.44. The van der Waals surface area contributed by atoms with E-state index in [9.17, 15) is 5.11 Å². The van der Waals surface area contributed by atoms with E-state index in [1.54, 1.807) is 0 Å². The van der Waals surface area contributed by atoms with Gasteiger partial charge in [0.25, 0.3) is 0 Å². The first-order valence-corrected chi connectivity index (χ1v) is 7.44. The van der Waals surface area contributed by atoms with Crippen molar-refractivity contribution in [1.29, 1.82) is 0 Å². The topological polar surface area (TPSA) is 70.5 Å². The van der Waals surface area contributed by atoms with Gasteiger partial charge in [0.2, 0.25) is 5.95 Å². The number of aliphatic hydroxyl groups is 1. The van der Waals surface area contributed by atoms with Crippen LogP contribution in [0.3, 0.4) is 0 Å². The maximum atomic E-state index is 9.26. The third kappa shape index (κ3) is 4.91. The van der Waals surface area contributed by atoms with Gasteiger partial charge in [-0.3, -0.25) is 0 Å². The zero-order valence-corrected chi connectivity index (χ0v) is 13.3. The van der Waals surface area contributed by atoms with Crippen molar-refractivity contribution in [2.75, 3.05) is 24.6 Å². The Morgan fingerprint density at radius 2 is 2.00 bits per heavy atom. The molecule has 2 unspecified atom stereocenters. The predicted molar refractivity (Wildman–Crippen MR) is 82.3 cm³/mol. The van der Waals surface area contributed by atoms with E-state index in [1.807, 2.05) is 19.3 Å². The minimum atomic E-state index is -0.167. The van der Waals surface area contributed by atoms with Crippen LogP contribution < -0.4 is 10.2 Å². The summed E-state index contributed by atoms with van der Waals surface area (Å²) in [5, 5.41) is 12.7. The van der Waals surface area contributed by atoms with Gasteiger partial charge < -0.3 is 20.1 Å². The highest BCUT2D eigenvalue weighted by molar-refractivity contribution is 5.31. The van der Waals surface area contributed by atoms with Crippen LogP contribution in [0.5, 0.6) is 0 Å². The lowest BCUT2D eigenvalue weighted by molar-refractivity contribution is -0.0425. The Morgan fingerprint density at radius 3 is 2.57 bits per heavy atom. The largest absolute Gasteiger partial charge is 0.394 e. The van der Waals surface area contributed by atoms with Crippen molar-refractivity contribution >= 4 is 5.95 Å². The van der Waals surface area contributed by atoms with Crippen LogP contribution in [0.15, 0.2) is 12.4 Å². The van der Waals surface area contributed by atoms with Crippen molar-refractivity contribution in [1.82, 2.24) is 15.3 Å². The summed E-state index contributed by atoms with van der Waals surface area (Å²) in [4.78, 5) is 11.0. The van der Waals surface area contributed by atoms with Gasteiger partial charge in [0.1, 0.15) is 0 Å². The van der Waals surface area contributed by atoms with Crippen LogP contribution >= 0.6 is 0 Å². The molecule has 1 aromatic rings. The number of rotatable bonds is 4. The zero-order chi connectivity index (χ0) is 15.5. The Hall–Kier alpha value is -1.24. The number of aromatic nitrogens is 2. The molecule has 0 saturated carbocycles. The highest BCUT2D eigenvalue weighted by Gasteiger charge is 2.26. The molecular weight excluding hydrogens is 268 g/mol. The summed E-state index contributed by atoms with van der Waals surface area (Å²) in [6.07, 6.45) is 3.62. The highest BCUT2D eigenvalue weighted by Crippen LogP contribution is 2.16. The second-order valence-corrected chi connectivity index (χ2v) is 6.65. The summed E-state index contributed by atoms with van der Waals surface area (Å²) in [7, 11) is 0. The fourth-order valence-corrected chi connectivity index (χ4v) is 2.28. The molecule has 2 rings (SSSR count). The molecule has 1 aliphatic rings. The van der Waals surface area contributed by atoms with Gasteiger partial charge in [-0.25, -0.2) is 9.97 Å². The molecule has 0 bridgehead atoms. The molecule has 6 heteroatoms. The van der Waals surface area contributed by atoms with E-state index >= 15 is 0 Å². The van der Waals surface area contributed by atoms with Crippen LogP contribution in [0.1, 0.15) is 33.3 Å². The maximum absolute atomic E-state index is 9.26. The molecule has 1 aliphatic heterocycles.